The fourth-order valence-corrected chi connectivity index (χ4v) is 20.3. The van der Waals surface area contributed by atoms with Gasteiger partial charge in [0.25, 0.3) is 0 Å². The number of fused-ring (bicyclic) bond motifs is 6. The summed E-state index contributed by atoms with van der Waals surface area (Å²) in [6.45, 7) is 5.91. The molecule has 145 heavy (non-hydrogen) atoms. The maximum Gasteiger partial charge on any atom is 0.417 e. The van der Waals surface area contributed by atoms with Crippen LogP contribution in [0.25, 0.3) is 0 Å². The number of hydrogen-bond acceptors (Lipinski definition) is 26. The first-order valence-electron chi connectivity index (χ1n) is 46.4. The highest BCUT2D eigenvalue weighted by atomic mass is 32.2. The number of ketones is 12. The number of hydrogen-bond donors (Lipinski definition) is 0. The maximum absolute atomic E-state index is 13.0. The van der Waals surface area contributed by atoms with Crippen LogP contribution >= 0.6 is 70.6 Å². The van der Waals surface area contributed by atoms with Gasteiger partial charge in [-0.2, -0.15) is 26.3 Å². The number of alkyl halides is 6. The molecule has 18 rings (SSSR count). The van der Waals surface area contributed by atoms with E-state index < -0.39 is 40.6 Å². The van der Waals surface area contributed by atoms with Gasteiger partial charge in [-0.3, -0.25) is 57.5 Å². The first-order valence-corrected chi connectivity index (χ1v) is 52.3. The van der Waals surface area contributed by atoms with Gasteiger partial charge in [0, 0.05) is 183 Å². The summed E-state index contributed by atoms with van der Waals surface area (Å²) in [6, 6.07) is 71.5. The molecule has 0 saturated carbocycles. The van der Waals surface area contributed by atoms with Crippen molar-refractivity contribution >= 4 is 140 Å². The van der Waals surface area contributed by atoms with Gasteiger partial charge in [-0.25, -0.2) is 0 Å². The monoisotopic (exact) mass is 2080 g/mol. The normalized spacial score (nSPS) is 13.2. The summed E-state index contributed by atoms with van der Waals surface area (Å²) in [5, 5.41) is 0. The number of benzene rings is 12. The fraction of sp³-hybridized carbons (Fsp3) is 0.257. The topological polar surface area (TPSA) is 279 Å². The molecule has 0 amide bonds. The minimum atomic E-state index is -4.61. The van der Waals surface area contributed by atoms with Gasteiger partial charge in [0.1, 0.15) is 46.0 Å². The van der Waals surface area contributed by atoms with E-state index in [0.29, 0.717) is 118 Å². The summed E-state index contributed by atoms with van der Waals surface area (Å²) < 4.78 is 121. The van der Waals surface area contributed by atoms with Crippen LogP contribution in [0.5, 0.6) is 46.0 Å². The lowest BCUT2D eigenvalue weighted by Crippen LogP contribution is -2.14. The molecule has 6 aliphatic rings. The van der Waals surface area contributed by atoms with E-state index >= 15 is 0 Å². The number of Topliss-reactive ketones (excluding diaryl/α,β-unsaturated/α-hetero) is 12. The van der Waals surface area contributed by atoms with Gasteiger partial charge < -0.3 is 37.9 Å². The number of rotatable bonds is 32. The standard InChI is InChI=1S/2C19H15F3O3S.2C19H18O4S.C19H18O3S.C18H16O3S/c20-19(21,22)14-3-1-2-12(10-14)15(23)5-6-16(24)13-4-7-18-17(11-13)25-8-9-26-18;20-19(21,22)14-4-2-1-3-13(14)16(24)7-6-15(23)12-5-8-18-17(11-12)25-9-10-26-18;1-22-15-4-2-3-13(11-15)16(20)6-7-17(21)14-5-8-18-19(12-14)24-10-9-23-18;1-22-17-5-3-2-4-14(17)16(21)8-7-15(20)13-6-9-18-19(12-13)24-11-10-23-18;1-13-2-4-14(5-3-13)16(20)7-8-17(21)15-6-9-18-19(12-15)23-11-10-22-18;19-15(13-4-2-1-3-5-13)7-8-16(20)14-6-9-17-18(12-14)22-11-10-21-17/h1-4,7,10-11H,5-6,8-9H2;1-5,8,11H,6-7,9-10H2;2-5,8,11-12H,6-7,9-10H2,1H3;2-6,9,12H,7-8,10-11H2,1H3;2-6,9,12H,7-8,10-11H2,1H3;1-6,9,12H,7-8,10-11H2. The molecule has 750 valence electrons. The van der Waals surface area contributed by atoms with Gasteiger partial charge >= 0.3 is 12.4 Å². The van der Waals surface area contributed by atoms with Crippen molar-refractivity contribution in [1.82, 2.24) is 0 Å². The van der Waals surface area contributed by atoms with E-state index in [9.17, 15) is 83.9 Å². The third kappa shape index (κ3) is 31.9. The molecule has 0 spiro atoms. The van der Waals surface area contributed by atoms with Crippen molar-refractivity contribution in [2.45, 2.75) is 126 Å². The van der Waals surface area contributed by atoms with Crippen LogP contribution in [0, 0.1) is 6.92 Å². The average Bonchev–Trinajstić information content (AvgIpc) is 0.809. The highest BCUT2D eigenvalue weighted by molar-refractivity contribution is 8.00. The number of carbonyl (C=O) groups is 12. The summed E-state index contributed by atoms with van der Waals surface area (Å²) in [4.78, 5) is 153. The number of methoxy groups -OCH3 is 2. The van der Waals surface area contributed by atoms with Crippen molar-refractivity contribution in [2.75, 3.05) is 88.4 Å². The molecule has 0 fully saturated rings. The quantitative estimate of drug-likeness (QED) is 0.0280. The average molecular weight is 2080 g/mol. The van der Waals surface area contributed by atoms with Crippen LogP contribution in [0.1, 0.15) is 218 Å². The summed E-state index contributed by atoms with van der Waals surface area (Å²) in [6.07, 6.45) is -8.09. The highest BCUT2D eigenvalue weighted by Gasteiger charge is 2.36. The molecule has 20 nitrogen and oxygen atoms in total. The Hall–Kier alpha value is -13.2. The fourth-order valence-electron chi connectivity index (χ4n) is 15.3. The van der Waals surface area contributed by atoms with Crippen molar-refractivity contribution < 1.29 is 122 Å². The van der Waals surface area contributed by atoms with Crippen LogP contribution in [0.3, 0.4) is 0 Å². The molecular weight excluding hydrogens is 1980 g/mol. The molecule has 0 atom stereocenters. The minimum Gasteiger partial charge on any atom is -0.497 e. The maximum atomic E-state index is 13.0. The molecule has 0 N–H and O–H groups in total. The Morgan fingerprint density at radius 3 is 0.903 bits per heavy atom. The number of carbonyl (C=O) groups excluding carboxylic acids is 12. The van der Waals surface area contributed by atoms with Crippen LogP contribution in [0.15, 0.2) is 290 Å². The molecule has 0 radical (unpaired) electrons. The second-order valence-electron chi connectivity index (χ2n) is 33.0. The number of halogens is 6. The van der Waals surface area contributed by atoms with Crippen molar-refractivity contribution in [2.24, 2.45) is 0 Å². The van der Waals surface area contributed by atoms with Gasteiger partial charge in [0.2, 0.25) is 0 Å². The number of thioether (sulfide) groups is 6. The van der Waals surface area contributed by atoms with Crippen molar-refractivity contribution in [1.29, 1.82) is 0 Å². The molecule has 6 heterocycles. The second kappa shape index (κ2) is 53.6. The van der Waals surface area contributed by atoms with E-state index in [4.69, 9.17) is 37.9 Å². The second-order valence-corrected chi connectivity index (χ2v) is 39.8. The van der Waals surface area contributed by atoms with Crippen molar-refractivity contribution in [3.8, 4) is 46.0 Å². The van der Waals surface area contributed by atoms with Crippen molar-refractivity contribution in [3.63, 3.8) is 0 Å². The Balaban J connectivity index is 0.000000146. The van der Waals surface area contributed by atoms with Crippen LogP contribution < -0.4 is 37.9 Å². The Labute approximate surface area is 860 Å². The number of aryl methyl sites for hydroxylation is 1. The third-order valence-electron chi connectivity index (χ3n) is 23.0. The van der Waals surface area contributed by atoms with E-state index in [1.807, 2.05) is 104 Å². The Kier molecular flexibility index (Phi) is 40.3. The van der Waals surface area contributed by atoms with Gasteiger partial charge in [-0.15, -0.1) is 70.6 Å². The lowest BCUT2D eigenvalue weighted by molar-refractivity contribution is -0.138. The smallest absolute Gasteiger partial charge is 0.417 e. The minimum absolute atomic E-state index is 0.000523. The van der Waals surface area contributed by atoms with E-state index in [1.54, 1.807) is 193 Å². The lowest BCUT2D eigenvalue weighted by atomic mass is 9.98. The molecule has 0 bridgehead atoms. The third-order valence-corrected chi connectivity index (χ3v) is 29.0. The molecule has 12 aromatic carbocycles. The van der Waals surface area contributed by atoms with Crippen LogP contribution in [-0.2, 0) is 12.4 Å². The first kappa shape index (κ1) is 109. The van der Waals surface area contributed by atoms with Crippen LogP contribution in [0.4, 0.5) is 26.3 Å². The largest absolute Gasteiger partial charge is 0.497 e. The zero-order valence-electron chi connectivity index (χ0n) is 79.2. The van der Waals surface area contributed by atoms with Crippen LogP contribution in [0.2, 0.25) is 0 Å². The Bertz CT molecular complexity index is 6730. The number of para-hydroxylation sites is 1. The van der Waals surface area contributed by atoms with E-state index in [-0.39, 0.29) is 140 Å². The van der Waals surface area contributed by atoms with Crippen molar-refractivity contribution in [3.05, 3.63) is 344 Å². The highest BCUT2D eigenvalue weighted by Crippen LogP contribution is 2.42. The zero-order valence-corrected chi connectivity index (χ0v) is 84.1. The molecule has 6 aliphatic heterocycles. The van der Waals surface area contributed by atoms with Gasteiger partial charge in [-0.05, 0) is 146 Å². The van der Waals surface area contributed by atoms with Gasteiger partial charge in [-0.1, -0.05) is 127 Å². The molecule has 0 aromatic heterocycles. The van der Waals surface area contributed by atoms with Gasteiger partial charge in [0.15, 0.2) is 69.4 Å². The predicted octanol–water partition coefficient (Wildman–Crippen LogP) is 26.5. The predicted molar refractivity (Wildman–Crippen MR) is 550 cm³/mol. The molecule has 0 aliphatic carbocycles. The summed E-state index contributed by atoms with van der Waals surface area (Å²) in [5.41, 5.74) is 4.60. The molecular formula is C113H100F6O20S6. The van der Waals surface area contributed by atoms with E-state index in [0.717, 1.165) is 117 Å². The summed E-state index contributed by atoms with van der Waals surface area (Å²) >= 11 is 10.0. The zero-order chi connectivity index (χ0) is 103. The number of ether oxygens (including phenoxy) is 8. The SMILES string of the molecule is COc1cccc(C(=O)CCC(=O)c2ccc3c(c2)SCCO3)c1.COc1ccccc1C(=O)CCC(=O)c1ccc2c(c1)SCCO2.Cc1ccc(C(=O)CCC(=O)c2ccc3c(c2)SCCO3)cc1.O=C(CCC(=O)c1ccc2c(c1)OCCS2)c1cccc(C(F)(F)F)c1.O=C(CCC(=O)c1ccc2c(c1)SCCO2)c1ccccc1.O=C(CCC(=O)c1ccccc1C(F)(F)F)c1ccc2c(c1)OCCS2. The summed E-state index contributed by atoms with van der Waals surface area (Å²) in [7, 11) is 3.09. The Morgan fingerprint density at radius 2 is 0.531 bits per heavy atom. The molecule has 32 heteroatoms. The Morgan fingerprint density at radius 1 is 0.248 bits per heavy atom. The lowest BCUT2D eigenvalue weighted by Gasteiger charge is -2.17. The van der Waals surface area contributed by atoms with E-state index in [1.165, 1.54) is 31.4 Å². The molecule has 0 unspecified atom stereocenters. The van der Waals surface area contributed by atoms with Gasteiger partial charge in [0.05, 0.1) is 90.1 Å². The molecule has 12 aromatic rings. The van der Waals surface area contributed by atoms with Crippen LogP contribution in [-0.4, -0.2) is 158 Å². The van der Waals surface area contributed by atoms with E-state index in [2.05, 4.69) is 0 Å². The molecule has 0 saturated heterocycles. The summed E-state index contributed by atoms with van der Waals surface area (Å²) in [5.74, 6) is 9.13. The first-order chi connectivity index (χ1) is 69.9.